The molecule has 0 saturated heterocycles. The number of halogens is 1. The number of nitrogens with one attached hydrogen (secondary N) is 2. The van der Waals surface area contributed by atoms with Crippen LogP contribution in [-0.2, 0) is 23.1 Å². The molecule has 0 aliphatic carbocycles. The van der Waals surface area contributed by atoms with E-state index in [0.717, 1.165) is 0 Å². The number of sulfonamides is 1. The van der Waals surface area contributed by atoms with Crippen LogP contribution in [0.3, 0.4) is 0 Å². The van der Waals surface area contributed by atoms with Crippen LogP contribution in [0.5, 0.6) is 0 Å². The number of hydrogen-bond acceptors (Lipinski definition) is 4. The van der Waals surface area contributed by atoms with Gasteiger partial charge in [0.2, 0.25) is 10.0 Å². The van der Waals surface area contributed by atoms with Crippen molar-refractivity contribution in [1.29, 1.82) is 0 Å². The van der Waals surface area contributed by atoms with Crippen molar-refractivity contribution in [2.24, 2.45) is 0 Å². The number of rotatable bonds is 6. The van der Waals surface area contributed by atoms with Crippen molar-refractivity contribution in [3.63, 3.8) is 0 Å². The summed E-state index contributed by atoms with van der Waals surface area (Å²) in [4.78, 5) is 0.0732. The molecule has 2 rings (SSSR count). The van der Waals surface area contributed by atoms with Crippen LogP contribution in [0.25, 0.3) is 0 Å². The molecule has 0 amide bonds. The van der Waals surface area contributed by atoms with Gasteiger partial charge >= 0.3 is 0 Å². The average molecular weight is 312 g/mol. The largest absolute Gasteiger partial charge is 0.464 e. The predicted molar refractivity (Wildman–Crippen MR) is 76.6 cm³/mol. The van der Waals surface area contributed by atoms with Gasteiger partial charge in [-0.25, -0.2) is 17.5 Å². The maximum Gasteiger partial charge on any atom is 0.244 e. The van der Waals surface area contributed by atoms with Crippen molar-refractivity contribution in [2.45, 2.75) is 24.9 Å². The van der Waals surface area contributed by atoms with Crippen molar-refractivity contribution in [3.05, 3.63) is 53.2 Å². The molecule has 7 heteroatoms. The van der Waals surface area contributed by atoms with Gasteiger partial charge in [-0.2, -0.15) is 0 Å². The summed E-state index contributed by atoms with van der Waals surface area (Å²) in [6, 6.07) is 7.50. The first-order valence-electron chi connectivity index (χ1n) is 6.41. The van der Waals surface area contributed by atoms with Crippen LogP contribution >= 0.6 is 0 Å². The van der Waals surface area contributed by atoms with Gasteiger partial charge in [0.1, 0.15) is 22.2 Å². The Morgan fingerprint density at radius 1 is 1.24 bits per heavy atom. The molecule has 0 spiro atoms. The quantitative estimate of drug-likeness (QED) is 0.855. The average Bonchev–Trinajstić information content (AvgIpc) is 2.80. The molecule has 0 unspecified atom stereocenters. The summed E-state index contributed by atoms with van der Waals surface area (Å²) < 4.78 is 45.7. The highest BCUT2D eigenvalue weighted by Crippen LogP contribution is 2.20. The van der Waals surface area contributed by atoms with Crippen LogP contribution in [0.4, 0.5) is 4.39 Å². The molecule has 0 atom stereocenters. The van der Waals surface area contributed by atoms with E-state index in [9.17, 15) is 12.8 Å². The molecule has 2 aromatic rings. The summed E-state index contributed by atoms with van der Waals surface area (Å²) in [5.41, 5.74) is 0.290. The Hall–Kier alpha value is -1.70. The second-order valence-corrected chi connectivity index (χ2v) is 6.31. The monoisotopic (exact) mass is 312 g/mol. The summed E-state index contributed by atoms with van der Waals surface area (Å²) >= 11 is 0. The van der Waals surface area contributed by atoms with E-state index < -0.39 is 15.8 Å². The smallest absolute Gasteiger partial charge is 0.244 e. The Labute approximate surface area is 123 Å². The van der Waals surface area contributed by atoms with Gasteiger partial charge in [-0.05, 0) is 20.0 Å². The minimum absolute atomic E-state index is 0.0732. The second kappa shape index (κ2) is 6.38. The highest BCUT2D eigenvalue weighted by atomic mass is 32.2. The molecule has 0 saturated carbocycles. The zero-order chi connectivity index (χ0) is 15.5. The normalized spacial score (nSPS) is 11.8. The molecule has 5 nitrogen and oxygen atoms in total. The van der Waals surface area contributed by atoms with Gasteiger partial charge < -0.3 is 9.73 Å². The minimum atomic E-state index is -3.74. The number of hydrogen-bond donors (Lipinski definition) is 2. The van der Waals surface area contributed by atoms with E-state index in [1.54, 1.807) is 26.1 Å². The van der Waals surface area contributed by atoms with Crippen molar-refractivity contribution in [1.82, 2.24) is 10.0 Å². The van der Waals surface area contributed by atoms with Crippen molar-refractivity contribution >= 4 is 10.0 Å². The summed E-state index contributed by atoms with van der Waals surface area (Å²) in [6.07, 6.45) is 0. The molecule has 1 heterocycles. The van der Waals surface area contributed by atoms with Crippen molar-refractivity contribution in [3.8, 4) is 0 Å². The third-order valence-corrected chi connectivity index (χ3v) is 4.48. The van der Waals surface area contributed by atoms with Crippen molar-refractivity contribution in [2.75, 3.05) is 7.05 Å². The highest BCUT2D eigenvalue weighted by molar-refractivity contribution is 7.89. The van der Waals surface area contributed by atoms with Gasteiger partial charge in [0.05, 0.1) is 6.54 Å². The third kappa shape index (κ3) is 3.69. The molecule has 1 aromatic carbocycles. The molecule has 0 radical (unpaired) electrons. The van der Waals surface area contributed by atoms with E-state index in [2.05, 4.69) is 10.0 Å². The third-order valence-electron chi connectivity index (χ3n) is 2.97. The number of benzene rings is 1. The topological polar surface area (TPSA) is 71.3 Å². The van der Waals surface area contributed by atoms with Gasteiger partial charge in [-0.1, -0.05) is 18.2 Å². The molecule has 0 fully saturated rings. The van der Waals surface area contributed by atoms with E-state index in [-0.39, 0.29) is 17.0 Å². The zero-order valence-corrected chi connectivity index (χ0v) is 12.6. The summed E-state index contributed by atoms with van der Waals surface area (Å²) in [6.45, 7) is 1.90. The van der Waals surface area contributed by atoms with Gasteiger partial charge in [-0.15, -0.1) is 0 Å². The lowest BCUT2D eigenvalue weighted by molar-refractivity contribution is 0.465. The highest BCUT2D eigenvalue weighted by Gasteiger charge is 2.21. The van der Waals surface area contributed by atoms with Gasteiger partial charge in [0.25, 0.3) is 0 Å². The number of aryl methyl sites for hydroxylation is 1. The maximum absolute atomic E-state index is 13.5. The van der Waals surface area contributed by atoms with Crippen LogP contribution in [0.15, 0.2) is 39.6 Å². The fourth-order valence-corrected chi connectivity index (χ4v) is 3.15. The first kappa shape index (κ1) is 15.7. The van der Waals surface area contributed by atoms with Crippen LogP contribution in [-0.4, -0.2) is 15.5 Å². The Bertz CT molecular complexity index is 726. The molecule has 0 aliphatic rings. The lowest BCUT2D eigenvalue weighted by atomic mass is 10.2. The Balaban J connectivity index is 2.17. The van der Waals surface area contributed by atoms with Crippen molar-refractivity contribution < 1.29 is 17.2 Å². The molecule has 2 N–H and O–H groups in total. The molecule has 21 heavy (non-hydrogen) atoms. The molecular weight excluding hydrogens is 295 g/mol. The maximum atomic E-state index is 13.5. The predicted octanol–water partition coefficient (Wildman–Crippen LogP) is 1.93. The van der Waals surface area contributed by atoms with E-state index in [4.69, 9.17) is 4.42 Å². The number of furan rings is 1. The Kier molecular flexibility index (Phi) is 4.76. The Morgan fingerprint density at radius 3 is 2.62 bits per heavy atom. The van der Waals surface area contributed by atoms with Crippen LogP contribution in [0.1, 0.15) is 17.1 Å². The molecular formula is C14H17FN2O3S. The lowest BCUT2D eigenvalue weighted by Gasteiger charge is -2.06. The summed E-state index contributed by atoms with van der Waals surface area (Å²) in [7, 11) is -2.00. The summed E-state index contributed by atoms with van der Waals surface area (Å²) in [5.74, 6) is 0.391. The minimum Gasteiger partial charge on any atom is -0.464 e. The molecule has 0 bridgehead atoms. The van der Waals surface area contributed by atoms with Crippen LogP contribution in [0, 0.1) is 12.7 Å². The fourth-order valence-electron chi connectivity index (χ4n) is 1.94. The van der Waals surface area contributed by atoms with Gasteiger partial charge in [0, 0.05) is 18.2 Å². The summed E-state index contributed by atoms with van der Waals surface area (Å²) in [5, 5.41) is 2.88. The lowest BCUT2D eigenvalue weighted by Crippen LogP contribution is -2.24. The van der Waals surface area contributed by atoms with E-state index in [1.807, 2.05) is 0 Å². The Morgan fingerprint density at radius 2 is 1.95 bits per heavy atom. The second-order valence-electron chi connectivity index (χ2n) is 4.58. The SMILES string of the molecule is CNCc1cc(S(=O)(=O)NCc2ccccc2F)c(C)o1. The van der Waals surface area contributed by atoms with E-state index in [0.29, 0.717) is 18.1 Å². The van der Waals surface area contributed by atoms with Crippen LogP contribution in [0.2, 0.25) is 0 Å². The fraction of sp³-hybridized carbons (Fsp3) is 0.286. The molecule has 0 aliphatic heterocycles. The molecule has 114 valence electrons. The zero-order valence-electron chi connectivity index (χ0n) is 11.8. The molecule has 1 aromatic heterocycles. The standard InChI is InChI=1S/C14H17FN2O3S/c1-10-14(7-12(20-10)9-16-2)21(18,19)17-8-11-5-3-4-6-13(11)15/h3-7,16-17H,8-9H2,1-2H3. The van der Waals surface area contributed by atoms with Gasteiger partial charge in [0.15, 0.2) is 0 Å². The first-order valence-corrected chi connectivity index (χ1v) is 7.89. The first-order chi connectivity index (χ1) is 9.94. The van der Waals surface area contributed by atoms with Crippen LogP contribution < -0.4 is 10.0 Å². The van der Waals surface area contributed by atoms with Gasteiger partial charge in [-0.3, -0.25) is 0 Å². The van der Waals surface area contributed by atoms with E-state index in [1.165, 1.54) is 18.2 Å². The van der Waals surface area contributed by atoms with E-state index >= 15 is 0 Å².